The molecule has 0 aliphatic heterocycles. The highest BCUT2D eigenvalue weighted by molar-refractivity contribution is 6.32. The van der Waals surface area contributed by atoms with E-state index >= 15 is 0 Å². The molecular formula is C10H14ClN3O2. The van der Waals surface area contributed by atoms with E-state index in [1.807, 2.05) is 17.6 Å². The van der Waals surface area contributed by atoms with Crippen molar-refractivity contribution < 1.29 is 9.53 Å². The number of methoxy groups -OCH3 is 1. The van der Waals surface area contributed by atoms with Gasteiger partial charge in [0.2, 0.25) is 0 Å². The number of rotatable bonds is 4. The third-order valence-corrected chi connectivity index (χ3v) is 2.34. The lowest BCUT2D eigenvalue weighted by atomic mass is 10.1. The number of hydrazine groups is 1. The fourth-order valence-corrected chi connectivity index (χ4v) is 1.52. The number of urea groups is 1. The lowest BCUT2D eigenvalue weighted by Gasteiger charge is -2.07. The van der Waals surface area contributed by atoms with Gasteiger partial charge in [-0.25, -0.2) is 10.6 Å². The third-order valence-electron chi connectivity index (χ3n) is 2.05. The second-order valence-electron chi connectivity index (χ2n) is 3.12. The van der Waals surface area contributed by atoms with Gasteiger partial charge in [-0.05, 0) is 24.1 Å². The van der Waals surface area contributed by atoms with Crippen LogP contribution in [0.2, 0.25) is 5.02 Å². The SMILES string of the molecule is COc1ccc(CCNC(=O)NN)cc1Cl. The van der Waals surface area contributed by atoms with Gasteiger partial charge in [0.25, 0.3) is 0 Å². The van der Waals surface area contributed by atoms with Gasteiger partial charge >= 0.3 is 6.03 Å². The minimum Gasteiger partial charge on any atom is -0.495 e. The van der Waals surface area contributed by atoms with E-state index in [1.165, 1.54) is 0 Å². The predicted octanol–water partition coefficient (Wildman–Crippen LogP) is 1.06. The van der Waals surface area contributed by atoms with Gasteiger partial charge in [-0.15, -0.1) is 0 Å². The Hall–Kier alpha value is -1.46. The van der Waals surface area contributed by atoms with Gasteiger partial charge in [-0.1, -0.05) is 17.7 Å². The molecule has 1 rings (SSSR count). The molecule has 0 bridgehead atoms. The normalized spacial score (nSPS) is 9.69. The molecule has 16 heavy (non-hydrogen) atoms. The molecule has 2 amide bonds. The van der Waals surface area contributed by atoms with Gasteiger partial charge in [0.05, 0.1) is 12.1 Å². The topological polar surface area (TPSA) is 76.4 Å². The number of nitrogens with two attached hydrogens (primary N) is 1. The Balaban J connectivity index is 2.49. The van der Waals surface area contributed by atoms with Crippen LogP contribution in [-0.2, 0) is 6.42 Å². The molecule has 0 heterocycles. The van der Waals surface area contributed by atoms with E-state index in [4.69, 9.17) is 22.2 Å². The van der Waals surface area contributed by atoms with Crippen LogP contribution in [0.3, 0.4) is 0 Å². The van der Waals surface area contributed by atoms with E-state index in [0.717, 1.165) is 5.56 Å². The zero-order valence-corrected chi connectivity index (χ0v) is 9.67. The molecular weight excluding hydrogens is 230 g/mol. The highest BCUT2D eigenvalue weighted by Crippen LogP contribution is 2.24. The monoisotopic (exact) mass is 243 g/mol. The summed E-state index contributed by atoms with van der Waals surface area (Å²) >= 11 is 5.95. The molecule has 0 unspecified atom stereocenters. The molecule has 6 heteroatoms. The average Bonchev–Trinajstić information content (AvgIpc) is 2.29. The maximum atomic E-state index is 10.8. The summed E-state index contributed by atoms with van der Waals surface area (Å²) in [5, 5.41) is 3.14. The van der Waals surface area contributed by atoms with Crippen molar-refractivity contribution in [1.29, 1.82) is 0 Å². The summed E-state index contributed by atoms with van der Waals surface area (Å²) in [5.74, 6) is 5.55. The summed E-state index contributed by atoms with van der Waals surface area (Å²) in [7, 11) is 1.56. The number of benzene rings is 1. The molecule has 5 nitrogen and oxygen atoms in total. The van der Waals surface area contributed by atoms with Crippen molar-refractivity contribution in [1.82, 2.24) is 10.7 Å². The maximum absolute atomic E-state index is 10.8. The summed E-state index contributed by atoms with van der Waals surface area (Å²) in [4.78, 5) is 10.8. The fourth-order valence-electron chi connectivity index (χ4n) is 1.24. The lowest BCUT2D eigenvalue weighted by Crippen LogP contribution is -2.40. The molecule has 4 N–H and O–H groups in total. The van der Waals surface area contributed by atoms with Crippen molar-refractivity contribution in [2.75, 3.05) is 13.7 Å². The Morgan fingerprint density at radius 1 is 1.56 bits per heavy atom. The first-order valence-electron chi connectivity index (χ1n) is 4.74. The summed E-state index contributed by atoms with van der Waals surface area (Å²) in [5.41, 5.74) is 3.00. The smallest absolute Gasteiger partial charge is 0.328 e. The van der Waals surface area contributed by atoms with Crippen LogP contribution in [-0.4, -0.2) is 19.7 Å². The molecule has 0 saturated heterocycles. The Morgan fingerprint density at radius 2 is 2.31 bits per heavy atom. The van der Waals surface area contributed by atoms with E-state index in [0.29, 0.717) is 23.7 Å². The second kappa shape index (κ2) is 6.19. The van der Waals surface area contributed by atoms with E-state index in [2.05, 4.69) is 5.32 Å². The van der Waals surface area contributed by atoms with Crippen LogP contribution in [0.1, 0.15) is 5.56 Å². The number of carbonyl (C=O) groups excluding carboxylic acids is 1. The molecule has 0 aliphatic carbocycles. The second-order valence-corrected chi connectivity index (χ2v) is 3.53. The number of carbonyl (C=O) groups is 1. The van der Waals surface area contributed by atoms with Gasteiger partial charge in [0.15, 0.2) is 0 Å². The van der Waals surface area contributed by atoms with E-state index < -0.39 is 6.03 Å². The summed E-state index contributed by atoms with van der Waals surface area (Å²) in [6.45, 7) is 0.492. The van der Waals surface area contributed by atoms with Crippen molar-refractivity contribution >= 4 is 17.6 Å². The Kier molecular flexibility index (Phi) is 4.88. The van der Waals surface area contributed by atoms with Gasteiger partial charge in [-0.3, -0.25) is 5.43 Å². The van der Waals surface area contributed by atoms with Crippen LogP contribution in [0.15, 0.2) is 18.2 Å². The average molecular weight is 244 g/mol. The Morgan fingerprint density at radius 3 is 2.88 bits per heavy atom. The number of halogens is 1. The van der Waals surface area contributed by atoms with Crippen molar-refractivity contribution in [2.45, 2.75) is 6.42 Å². The van der Waals surface area contributed by atoms with Crippen LogP contribution >= 0.6 is 11.6 Å². The minimum atomic E-state index is -0.403. The van der Waals surface area contributed by atoms with Gasteiger partial charge in [0, 0.05) is 6.54 Å². The van der Waals surface area contributed by atoms with Crippen LogP contribution in [0.5, 0.6) is 5.75 Å². The van der Waals surface area contributed by atoms with Crippen molar-refractivity contribution in [3.8, 4) is 5.75 Å². The molecule has 1 aromatic carbocycles. The molecule has 0 atom stereocenters. The predicted molar refractivity (Wildman–Crippen MR) is 62.4 cm³/mol. The quantitative estimate of drug-likeness (QED) is 0.421. The zero-order valence-electron chi connectivity index (χ0n) is 8.92. The van der Waals surface area contributed by atoms with Gasteiger partial charge in [0.1, 0.15) is 5.75 Å². The number of hydrogen-bond acceptors (Lipinski definition) is 3. The lowest BCUT2D eigenvalue weighted by molar-refractivity contribution is 0.241. The molecule has 0 spiro atoms. The minimum absolute atomic E-state index is 0.403. The van der Waals surface area contributed by atoms with Crippen LogP contribution in [0, 0.1) is 0 Å². The van der Waals surface area contributed by atoms with Gasteiger partial charge < -0.3 is 10.1 Å². The van der Waals surface area contributed by atoms with Crippen LogP contribution in [0.25, 0.3) is 0 Å². The van der Waals surface area contributed by atoms with E-state index in [-0.39, 0.29) is 0 Å². The number of nitrogens with one attached hydrogen (secondary N) is 2. The Bertz CT molecular complexity index is 371. The molecule has 0 fully saturated rings. The molecule has 0 aliphatic rings. The molecule has 0 aromatic heterocycles. The first-order valence-corrected chi connectivity index (χ1v) is 5.12. The van der Waals surface area contributed by atoms with Crippen molar-refractivity contribution in [3.63, 3.8) is 0 Å². The molecule has 0 saturated carbocycles. The fraction of sp³-hybridized carbons (Fsp3) is 0.300. The Labute approximate surface area is 98.9 Å². The summed E-state index contributed by atoms with van der Waals surface area (Å²) in [6.07, 6.45) is 0.678. The highest BCUT2D eigenvalue weighted by atomic mass is 35.5. The highest BCUT2D eigenvalue weighted by Gasteiger charge is 2.02. The van der Waals surface area contributed by atoms with E-state index in [1.54, 1.807) is 13.2 Å². The van der Waals surface area contributed by atoms with Crippen LogP contribution in [0.4, 0.5) is 4.79 Å². The molecule has 1 aromatic rings. The molecule has 0 radical (unpaired) electrons. The maximum Gasteiger partial charge on any atom is 0.328 e. The number of amides is 2. The first-order chi connectivity index (χ1) is 7.67. The number of ether oxygens (including phenoxy) is 1. The number of hydrogen-bond donors (Lipinski definition) is 3. The van der Waals surface area contributed by atoms with Crippen molar-refractivity contribution in [2.24, 2.45) is 5.84 Å². The van der Waals surface area contributed by atoms with Crippen LogP contribution < -0.4 is 21.3 Å². The first kappa shape index (κ1) is 12.6. The van der Waals surface area contributed by atoms with E-state index in [9.17, 15) is 4.79 Å². The summed E-state index contributed by atoms with van der Waals surface area (Å²) < 4.78 is 5.03. The largest absolute Gasteiger partial charge is 0.495 e. The van der Waals surface area contributed by atoms with Gasteiger partial charge in [-0.2, -0.15) is 0 Å². The summed E-state index contributed by atoms with van der Waals surface area (Å²) in [6, 6.07) is 5.09. The molecule has 88 valence electrons. The van der Waals surface area contributed by atoms with Crippen molar-refractivity contribution in [3.05, 3.63) is 28.8 Å². The zero-order chi connectivity index (χ0) is 12.0. The standard InChI is InChI=1S/C10H14ClN3O2/c1-16-9-3-2-7(6-8(9)11)4-5-13-10(15)14-12/h2-3,6H,4-5,12H2,1H3,(H2,13,14,15). The third kappa shape index (κ3) is 3.60.